The lowest BCUT2D eigenvalue weighted by Gasteiger charge is -2.19. The fraction of sp³-hybridized carbons (Fsp3) is 0.524. The number of nitrogens with two attached hydrogens (primary N) is 1. The molecule has 0 amide bonds. The van der Waals surface area contributed by atoms with Gasteiger partial charge in [0.1, 0.15) is 17.3 Å². The van der Waals surface area contributed by atoms with Crippen LogP contribution in [0.2, 0.25) is 0 Å². The Kier molecular flexibility index (Phi) is 7.25. The Morgan fingerprint density at radius 3 is 2.31 bits per heavy atom. The standard InChI is InChI=1S/C21H31N3O2/c1-6-14(20-17(7-2)24-21(22)18(8-3)23-20)9-10-15-11-12-16(25-4)13-19(15)26-5/h11-14H,6-10H2,1-5H3,(H2,22,24). The van der Waals surface area contributed by atoms with E-state index in [2.05, 4.69) is 31.8 Å². The van der Waals surface area contributed by atoms with Crippen LogP contribution in [-0.4, -0.2) is 24.2 Å². The van der Waals surface area contributed by atoms with Crippen LogP contribution in [0.3, 0.4) is 0 Å². The lowest BCUT2D eigenvalue weighted by Crippen LogP contribution is -2.13. The van der Waals surface area contributed by atoms with Crippen LogP contribution in [0.5, 0.6) is 11.5 Å². The first-order chi connectivity index (χ1) is 12.6. The molecule has 0 radical (unpaired) electrons. The van der Waals surface area contributed by atoms with Crippen LogP contribution < -0.4 is 15.2 Å². The quantitative estimate of drug-likeness (QED) is 0.723. The normalized spacial score (nSPS) is 12.0. The van der Waals surface area contributed by atoms with E-state index in [1.54, 1.807) is 14.2 Å². The molecule has 2 aromatic rings. The summed E-state index contributed by atoms with van der Waals surface area (Å²) in [6.45, 7) is 6.38. The van der Waals surface area contributed by atoms with Crippen LogP contribution in [-0.2, 0) is 19.3 Å². The molecule has 5 nitrogen and oxygen atoms in total. The number of nitrogens with zero attached hydrogens (tertiary/aromatic N) is 2. The van der Waals surface area contributed by atoms with Crippen molar-refractivity contribution in [3.63, 3.8) is 0 Å². The number of rotatable bonds is 9. The number of aromatic nitrogens is 2. The third-order valence-corrected chi connectivity index (χ3v) is 4.91. The predicted molar refractivity (Wildman–Crippen MR) is 106 cm³/mol. The van der Waals surface area contributed by atoms with E-state index in [1.807, 2.05) is 12.1 Å². The molecule has 0 aliphatic rings. The second kappa shape index (κ2) is 9.41. The van der Waals surface area contributed by atoms with Gasteiger partial charge in [-0.3, -0.25) is 4.98 Å². The van der Waals surface area contributed by atoms with Crippen molar-refractivity contribution in [3.8, 4) is 11.5 Å². The Labute approximate surface area is 157 Å². The fourth-order valence-electron chi connectivity index (χ4n) is 3.30. The SMILES string of the molecule is CCc1nc(C(CC)CCc2ccc(OC)cc2OC)c(CC)nc1N. The zero-order chi connectivity index (χ0) is 19.1. The van der Waals surface area contributed by atoms with Gasteiger partial charge in [-0.05, 0) is 43.7 Å². The van der Waals surface area contributed by atoms with Crippen molar-refractivity contribution in [2.24, 2.45) is 0 Å². The van der Waals surface area contributed by atoms with Gasteiger partial charge in [-0.2, -0.15) is 0 Å². The van der Waals surface area contributed by atoms with Gasteiger partial charge in [0.15, 0.2) is 0 Å². The largest absolute Gasteiger partial charge is 0.497 e. The maximum absolute atomic E-state index is 6.05. The summed E-state index contributed by atoms with van der Waals surface area (Å²) in [5, 5.41) is 0. The molecule has 0 saturated heterocycles. The highest BCUT2D eigenvalue weighted by atomic mass is 16.5. The monoisotopic (exact) mass is 357 g/mol. The summed E-state index contributed by atoms with van der Waals surface area (Å²) >= 11 is 0. The summed E-state index contributed by atoms with van der Waals surface area (Å²) in [6, 6.07) is 6.00. The van der Waals surface area contributed by atoms with Crippen molar-refractivity contribution in [3.05, 3.63) is 40.8 Å². The lowest BCUT2D eigenvalue weighted by atomic mass is 9.91. The zero-order valence-corrected chi connectivity index (χ0v) is 16.6. The van der Waals surface area contributed by atoms with Gasteiger partial charge in [-0.1, -0.05) is 26.8 Å². The molecule has 26 heavy (non-hydrogen) atoms. The van der Waals surface area contributed by atoms with Crippen LogP contribution in [0.1, 0.15) is 62.2 Å². The number of methoxy groups -OCH3 is 2. The Hall–Kier alpha value is -2.30. The molecule has 1 aromatic heterocycles. The molecule has 0 fully saturated rings. The summed E-state index contributed by atoms with van der Waals surface area (Å²) in [7, 11) is 3.36. The molecule has 0 aliphatic carbocycles. The third kappa shape index (κ3) is 4.45. The van der Waals surface area contributed by atoms with Crippen LogP contribution in [0.25, 0.3) is 0 Å². The molecule has 0 bridgehead atoms. The maximum Gasteiger partial charge on any atom is 0.145 e. The summed E-state index contributed by atoms with van der Waals surface area (Å²) in [6.07, 6.45) is 4.58. The number of hydrogen-bond donors (Lipinski definition) is 1. The third-order valence-electron chi connectivity index (χ3n) is 4.91. The van der Waals surface area contributed by atoms with Crippen molar-refractivity contribution in [1.29, 1.82) is 0 Å². The molecular formula is C21H31N3O2. The summed E-state index contributed by atoms with van der Waals surface area (Å²) < 4.78 is 10.8. The van der Waals surface area contributed by atoms with Crippen molar-refractivity contribution >= 4 is 5.82 Å². The van der Waals surface area contributed by atoms with Gasteiger partial charge in [0, 0.05) is 12.0 Å². The number of aryl methyl sites for hydroxylation is 3. The fourth-order valence-corrected chi connectivity index (χ4v) is 3.30. The van der Waals surface area contributed by atoms with E-state index in [0.717, 1.165) is 60.7 Å². The predicted octanol–water partition coefficient (Wildman–Crippen LogP) is 4.33. The van der Waals surface area contributed by atoms with E-state index in [4.69, 9.17) is 20.2 Å². The van der Waals surface area contributed by atoms with Crippen LogP contribution in [0, 0.1) is 0 Å². The van der Waals surface area contributed by atoms with E-state index in [1.165, 1.54) is 5.56 Å². The van der Waals surface area contributed by atoms with Crippen LogP contribution in [0.15, 0.2) is 18.2 Å². The second-order valence-electron chi connectivity index (χ2n) is 6.42. The minimum Gasteiger partial charge on any atom is -0.497 e. The van der Waals surface area contributed by atoms with Gasteiger partial charge in [-0.25, -0.2) is 4.98 Å². The minimum atomic E-state index is 0.357. The Balaban J connectivity index is 2.25. The van der Waals surface area contributed by atoms with Gasteiger partial charge in [-0.15, -0.1) is 0 Å². The number of hydrogen-bond acceptors (Lipinski definition) is 5. The van der Waals surface area contributed by atoms with Gasteiger partial charge in [0.2, 0.25) is 0 Å². The molecule has 142 valence electrons. The molecule has 0 saturated carbocycles. The maximum atomic E-state index is 6.05. The topological polar surface area (TPSA) is 70.3 Å². The highest BCUT2D eigenvalue weighted by molar-refractivity contribution is 5.41. The van der Waals surface area contributed by atoms with Gasteiger partial charge in [0.25, 0.3) is 0 Å². The Morgan fingerprint density at radius 1 is 1.00 bits per heavy atom. The highest BCUT2D eigenvalue weighted by Gasteiger charge is 2.19. The zero-order valence-electron chi connectivity index (χ0n) is 16.6. The first-order valence-corrected chi connectivity index (χ1v) is 9.43. The smallest absolute Gasteiger partial charge is 0.145 e. The molecule has 2 rings (SSSR count). The molecule has 0 spiro atoms. The van der Waals surface area contributed by atoms with Crippen molar-refractivity contribution < 1.29 is 9.47 Å². The summed E-state index contributed by atoms with van der Waals surface area (Å²) in [5.41, 5.74) is 10.3. The van der Waals surface area contributed by atoms with Crippen molar-refractivity contribution in [2.75, 3.05) is 20.0 Å². The first kappa shape index (κ1) is 20.0. The number of nitrogen functional groups attached to an aromatic ring is 1. The van der Waals surface area contributed by atoms with Gasteiger partial charge in [0.05, 0.1) is 31.3 Å². The number of anilines is 1. The van der Waals surface area contributed by atoms with E-state index >= 15 is 0 Å². The van der Waals surface area contributed by atoms with E-state index < -0.39 is 0 Å². The lowest BCUT2D eigenvalue weighted by molar-refractivity contribution is 0.390. The van der Waals surface area contributed by atoms with Crippen molar-refractivity contribution in [1.82, 2.24) is 9.97 Å². The summed E-state index contributed by atoms with van der Waals surface area (Å²) in [4.78, 5) is 9.49. The average molecular weight is 357 g/mol. The van der Waals surface area contributed by atoms with Crippen molar-refractivity contribution in [2.45, 2.75) is 58.8 Å². The van der Waals surface area contributed by atoms with E-state index in [-0.39, 0.29) is 0 Å². The Morgan fingerprint density at radius 2 is 1.73 bits per heavy atom. The molecular weight excluding hydrogens is 326 g/mol. The number of ether oxygens (including phenoxy) is 2. The van der Waals surface area contributed by atoms with Crippen LogP contribution >= 0.6 is 0 Å². The van der Waals surface area contributed by atoms with Gasteiger partial charge >= 0.3 is 0 Å². The molecule has 2 N–H and O–H groups in total. The van der Waals surface area contributed by atoms with E-state index in [0.29, 0.717) is 11.7 Å². The molecule has 0 aliphatic heterocycles. The average Bonchev–Trinajstić information content (AvgIpc) is 2.68. The Bertz CT molecular complexity index is 731. The first-order valence-electron chi connectivity index (χ1n) is 9.43. The molecule has 1 unspecified atom stereocenters. The van der Waals surface area contributed by atoms with E-state index in [9.17, 15) is 0 Å². The highest BCUT2D eigenvalue weighted by Crippen LogP contribution is 2.31. The molecule has 1 aromatic carbocycles. The summed E-state index contributed by atoms with van der Waals surface area (Å²) in [5.74, 6) is 2.60. The second-order valence-corrected chi connectivity index (χ2v) is 6.42. The van der Waals surface area contributed by atoms with Crippen LogP contribution in [0.4, 0.5) is 5.82 Å². The minimum absolute atomic E-state index is 0.357. The molecule has 5 heteroatoms. The number of benzene rings is 1. The molecule has 1 atom stereocenters. The molecule has 1 heterocycles. The van der Waals surface area contributed by atoms with Gasteiger partial charge < -0.3 is 15.2 Å².